The molecule has 0 spiro atoms. The molecule has 0 amide bonds. The number of para-hydroxylation sites is 2. The maximum Gasteiger partial charge on any atom is 0.0619 e. The fraction of sp³-hybridized carbons (Fsp3) is 0. The molecule has 0 N–H and O–H groups in total. The van der Waals surface area contributed by atoms with Crippen LogP contribution >= 0.6 is 0 Å². The Morgan fingerprint density at radius 1 is 0.233 bits per heavy atom. The average molecular weight is 763 g/mol. The van der Waals surface area contributed by atoms with Crippen LogP contribution in [0.25, 0.3) is 110 Å². The number of hydrogen-bond acceptors (Lipinski definition) is 0. The van der Waals surface area contributed by atoms with Crippen molar-refractivity contribution in [1.82, 2.24) is 9.13 Å². The molecule has 2 nitrogen and oxygen atoms in total. The number of hydrogen-bond donors (Lipinski definition) is 0. The van der Waals surface area contributed by atoms with E-state index < -0.39 is 0 Å². The fourth-order valence-electron chi connectivity index (χ4n) is 9.50. The van der Waals surface area contributed by atoms with Gasteiger partial charge < -0.3 is 9.13 Å². The van der Waals surface area contributed by atoms with Crippen LogP contribution in [-0.4, -0.2) is 9.13 Å². The van der Waals surface area contributed by atoms with E-state index in [0.29, 0.717) is 0 Å². The van der Waals surface area contributed by atoms with Crippen LogP contribution in [0.4, 0.5) is 0 Å². The summed E-state index contributed by atoms with van der Waals surface area (Å²) in [6.45, 7) is 0. The Bertz CT molecular complexity index is 3550. The highest BCUT2D eigenvalue weighted by Gasteiger charge is 2.19. The van der Waals surface area contributed by atoms with Crippen LogP contribution in [0.2, 0.25) is 0 Å². The summed E-state index contributed by atoms with van der Waals surface area (Å²) in [6, 6.07) is 84.2. The molecule has 2 heterocycles. The Morgan fingerprint density at radius 3 is 1.42 bits per heavy atom. The van der Waals surface area contributed by atoms with Crippen LogP contribution in [0.15, 0.2) is 231 Å². The van der Waals surface area contributed by atoms with E-state index in [4.69, 9.17) is 0 Å². The van der Waals surface area contributed by atoms with Crippen LogP contribution in [0.1, 0.15) is 0 Å². The number of nitrogens with zero attached hydrogens (tertiary/aromatic N) is 2. The van der Waals surface area contributed by atoms with Crippen LogP contribution in [-0.2, 0) is 0 Å². The van der Waals surface area contributed by atoms with E-state index >= 15 is 0 Å². The van der Waals surface area contributed by atoms with E-state index in [9.17, 15) is 0 Å². The van der Waals surface area contributed by atoms with Crippen molar-refractivity contribution < 1.29 is 0 Å². The van der Waals surface area contributed by atoms with Crippen LogP contribution < -0.4 is 0 Å². The zero-order valence-electron chi connectivity index (χ0n) is 32.8. The molecule has 60 heavy (non-hydrogen) atoms. The first-order chi connectivity index (χ1) is 29.8. The summed E-state index contributed by atoms with van der Waals surface area (Å²) in [5, 5.41) is 7.50. The number of aromatic nitrogens is 2. The first kappa shape index (κ1) is 34.1. The third-order valence-electron chi connectivity index (χ3n) is 12.3. The summed E-state index contributed by atoms with van der Waals surface area (Å²) < 4.78 is 4.86. The minimum Gasteiger partial charge on any atom is -0.309 e. The van der Waals surface area contributed by atoms with Crippen LogP contribution in [0.3, 0.4) is 0 Å². The van der Waals surface area contributed by atoms with E-state index in [2.05, 4.69) is 240 Å². The highest BCUT2D eigenvalue weighted by Crippen LogP contribution is 2.41. The summed E-state index contributed by atoms with van der Waals surface area (Å²) in [7, 11) is 0. The predicted octanol–water partition coefficient (Wildman–Crippen LogP) is 15.7. The van der Waals surface area contributed by atoms with Crippen LogP contribution in [0.5, 0.6) is 0 Å². The molecule has 0 radical (unpaired) electrons. The van der Waals surface area contributed by atoms with Gasteiger partial charge in [0.05, 0.1) is 22.1 Å². The van der Waals surface area contributed by atoms with Gasteiger partial charge in [-0.1, -0.05) is 176 Å². The molecular weight excluding hydrogens is 725 g/mol. The molecule has 12 rings (SSSR count). The molecule has 0 bridgehead atoms. The lowest BCUT2D eigenvalue weighted by Crippen LogP contribution is -1.95. The molecule has 0 aliphatic rings. The van der Waals surface area contributed by atoms with E-state index in [1.165, 1.54) is 98.9 Å². The number of fused-ring (bicyclic) bond motifs is 7. The molecule has 0 unspecified atom stereocenters. The average Bonchev–Trinajstić information content (AvgIpc) is 3.84. The molecule has 2 aromatic heterocycles. The summed E-state index contributed by atoms with van der Waals surface area (Å²) >= 11 is 0. The van der Waals surface area contributed by atoms with Crippen molar-refractivity contribution in [3.8, 4) is 55.9 Å². The van der Waals surface area contributed by atoms with Crippen molar-refractivity contribution in [1.29, 1.82) is 0 Å². The highest BCUT2D eigenvalue weighted by atomic mass is 15.0. The second kappa shape index (κ2) is 13.9. The summed E-state index contributed by atoms with van der Waals surface area (Å²) in [6.07, 6.45) is 0. The fourth-order valence-corrected chi connectivity index (χ4v) is 9.50. The largest absolute Gasteiger partial charge is 0.309 e. The zero-order valence-corrected chi connectivity index (χ0v) is 32.8. The van der Waals surface area contributed by atoms with Gasteiger partial charge >= 0.3 is 0 Å². The predicted molar refractivity (Wildman–Crippen MR) is 254 cm³/mol. The minimum atomic E-state index is 1.14. The summed E-state index contributed by atoms with van der Waals surface area (Å²) in [5.41, 5.74) is 16.8. The highest BCUT2D eigenvalue weighted by molar-refractivity contribution is 6.15. The lowest BCUT2D eigenvalue weighted by Gasteiger charge is -2.13. The van der Waals surface area contributed by atoms with Gasteiger partial charge in [-0.3, -0.25) is 0 Å². The molecule has 0 fully saturated rings. The molecule has 0 saturated carbocycles. The number of benzene rings is 10. The minimum absolute atomic E-state index is 1.14. The standard InChI is InChI=1S/C58H38N2/c1-3-13-39(14-4-1)40-25-31-47(32-26-40)60-57-36-30-45(38-54(57)52-23-12-22-50(58(52)60)42-15-5-2-6-16-42)44-29-35-56-53(37-44)51-20-9-10-24-55(51)59(56)46-33-27-43(28-34-46)49-21-11-18-41-17-7-8-19-48(41)49/h1-38H. The first-order valence-corrected chi connectivity index (χ1v) is 20.7. The van der Waals surface area contributed by atoms with Crippen LogP contribution in [0, 0.1) is 0 Å². The Morgan fingerprint density at radius 2 is 0.683 bits per heavy atom. The van der Waals surface area contributed by atoms with Gasteiger partial charge in [0.25, 0.3) is 0 Å². The van der Waals surface area contributed by atoms with Crippen molar-refractivity contribution in [2.75, 3.05) is 0 Å². The van der Waals surface area contributed by atoms with Crippen molar-refractivity contribution >= 4 is 54.4 Å². The van der Waals surface area contributed by atoms with Gasteiger partial charge in [-0.15, -0.1) is 0 Å². The van der Waals surface area contributed by atoms with Gasteiger partial charge in [-0.25, -0.2) is 0 Å². The summed E-state index contributed by atoms with van der Waals surface area (Å²) in [5.74, 6) is 0. The van der Waals surface area contributed by atoms with Gasteiger partial charge in [-0.05, 0) is 104 Å². The van der Waals surface area contributed by atoms with Crippen molar-refractivity contribution in [2.45, 2.75) is 0 Å². The lowest BCUT2D eigenvalue weighted by atomic mass is 9.98. The van der Waals surface area contributed by atoms with E-state index in [1.807, 2.05) is 0 Å². The van der Waals surface area contributed by atoms with Gasteiger partial charge in [-0.2, -0.15) is 0 Å². The molecule has 12 aromatic rings. The maximum atomic E-state index is 2.45. The van der Waals surface area contributed by atoms with E-state index in [-0.39, 0.29) is 0 Å². The van der Waals surface area contributed by atoms with E-state index in [1.54, 1.807) is 0 Å². The Kier molecular flexibility index (Phi) is 7.89. The van der Waals surface area contributed by atoms with Gasteiger partial charge in [0.1, 0.15) is 0 Å². The quantitative estimate of drug-likeness (QED) is 0.160. The first-order valence-electron chi connectivity index (χ1n) is 20.7. The molecule has 0 atom stereocenters. The maximum absolute atomic E-state index is 2.45. The smallest absolute Gasteiger partial charge is 0.0619 e. The molecular formula is C58H38N2. The van der Waals surface area contributed by atoms with Crippen molar-refractivity contribution in [2.24, 2.45) is 0 Å². The third-order valence-corrected chi connectivity index (χ3v) is 12.3. The molecule has 10 aromatic carbocycles. The Balaban J connectivity index is 0.995. The van der Waals surface area contributed by atoms with Gasteiger partial charge in [0.15, 0.2) is 0 Å². The Labute approximate surface area is 348 Å². The monoisotopic (exact) mass is 762 g/mol. The molecule has 2 heteroatoms. The summed E-state index contributed by atoms with van der Waals surface area (Å²) in [4.78, 5) is 0. The molecule has 0 aliphatic carbocycles. The van der Waals surface area contributed by atoms with Gasteiger partial charge in [0.2, 0.25) is 0 Å². The van der Waals surface area contributed by atoms with Crippen molar-refractivity contribution in [3.05, 3.63) is 231 Å². The SMILES string of the molecule is c1ccc(-c2ccc(-n3c4ccc(-c5ccc6c(c5)c5ccccc5n6-c5ccc(-c6cccc7ccccc67)cc5)cc4c4cccc(-c5ccccc5)c43)cc2)cc1. The third kappa shape index (κ3) is 5.50. The van der Waals surface area contributed by atoms with E-state index in [0.717, 1.165) is 11.4 Å². The normalized spacial score (nSPS) is 11.7. The Hall–Kier alpha value is -7.94. The second-order valence-electron chi connectivity index (χ2n) is 15.7. The lowest BCUT2D eigenvalue weighted by molar-refractivity contribution is 1.18. The topological polar surface area (TPSA) is 9.86 Å². The second-order valence-corrected chi connectivity index (χ2v) is 15.7. The molecule has 0 aliphatic heterocycles. The molecule has 0 saturated heterocycles. The van der Waals surface area contributed by atoms with Crippen molar-refractivity contribution in [3.63, 3.8) is 0 Å². The number of rotatable bonds is 6. The van der Waals surface area contributed by atoms with Gasteiger partial charge in [0, 0.05) is 38.5 Å². The zero-order chi connectivity index (χ0) is 39.6. The molecule has 280 valence electrons.